The summed E-state index contributed by atoms with van der Waals surface area (Å²) >= 11 is 0. The summed E-state index contributed by atoms with van der Waals surface area (Å²) in [7, 11) is 0. The molecule has 1 atom stereocenters. The molecular formula is C11H19N3O. The van der Waals surface area contributed by atoms with Crippen LogP contribution in [0.2, 0.25) is 0 Å². The van der Waals surface area contributed by atoms with E-state index in [4.69, 9.17) is 0 Å². The van der Waals surface area contributed by atoms with Crippen LogP contribution in [-0.2, 0) is 0 Å². The molecule has 0 saturated carbocycles. The summed E-state index contributed by atoms with van der Waals surface area (Å²) in [6, 6.07) is 0.201. The Labute approximate surface area is 90.5 Å². The Kier molecular flexibility index (Phi) is 3.88. The maximum Gasteiger partial charge on any atom is 0.254 e. The fraction of sp³-hybridized carbons (Fsp3) is 0.636. The minimum absolute atomic E-state index is 0.0469. The molecule has 15 heavy (non-hydrogen) atoms. The maximum atomic E-state index is 11.7. The van der Waals surface area contributed by atoms with Crippen LogP contribution in [0.4, 0.5) is 0 Å². The van der Waals surface area contributed by atoms with E-state index < -0.39 is 0 Å². The Hall–Kier alpha value is -1.32. The van der Waals surface area contributed by atoms with Crippen LogP contribution >= 0.6 is 0 Å². The van der Waals surface area contributed by atoms with E-state index in [1.54, 1.807) is 6.20 Å². The van der Waals surface area contributed by atoms with E-state index in [0.29, 0.717) is 11.5 Å². The second-order valence-corrected chi connectivity index (χ2v) is 4.41. The van der Waals surface area contributed by atoms with Crippen molar-refractivity contribution in [1.29, 1.82) is 0 Å². The van der Waals surface area contributed by atoms with E-state index in [1.807, 2.05) is 13.8 Å². The van der Waals surface area contributed by atoms with Crippen LogP contribution in [0.25, 0.3) is 0 Å². The first-order valence-corrected chi connectivity index (χ1v) is 5.31. The molecule has 1 aromatic heterocycles. The van der Waals surface area contributed by atoms with Crippen LogP contribution < -0.4 is 5.32 Å². The molecule has 0 aliphatic rings. The van der Waals surface area contributed by atoms with Gasteiger partial charge in [-0.2, -0.15) is 5.10 Å². The molecule has 1 heterocycles. The van der Waals surface area contributed by atoms with Gasteiger partial charge in [0.05, 0.1) is 11.8 Å². The van der Waals surface area contributed by atoms with E-state index in [0.717, 1.165) is 12.1 Å². The fourth-order valence-electron chi connectivity index (χ4n) is 1.65. The molecule has 1 unspecified atom stereocenters. The first-order chi connectivity index (χ1) is 7.00. The third kappa shape index (κ3) is 3.38. The molecule has 0 spiro atoms. The molecule has 84 valence electrons. The largest absolute Gasteiger partial charge is 0.349 e. The second kappa shape index (κ2) is 4.96. The van der Waals surface area contributed by atoms with Gasteiger partial charge in [-0.05, 0) is 26.2 Å². The summed E-state index contributed by atoms with van der Waals surface area (Å²) in [5.74, 6) is 0.542. The van der Waals surface area contributed by atoms with Gasteiger partial charge in [-0.25, -0.2) is 0 Å². The highest BCUT2D eigenvalue weighted by Gasteiger charge is 2.13. The molecule has 0 aliphatic carbocycles. The number of H-pyrrole nitrogens is 1. The topological polar surface area (TPSA) is 57.8 Å². The number of carbonyl (C=O) groups is 1. The highest BCUT2D eigenvalue weighted by atomic mass is 16.1. The molecule has 1 amide bonds. The quantitative estimate of drug-likeness (QED) is 0.795. The lowest BCUT2D eigenvalue weighted by Gasteiger charge is -2.15. The van der Waals surface area contributed by atoms with Gasteiger partial charge in [-0.3, -0.25) is 9.89 Å². The molecule has 0 aliphatic heterocycles. The van der Waals surface area contributed by atoms with Gasteiger partial charge >= 0.3 is 0 Å². The van der Waals surface area contributed by atoms with Crippen molar-refractivity contribution in [2.24, 2.45) is 5.92 Å². The minimum atomic E-state index is -0.0469. The van der Waals surface area contributed by atoms with Crippen molar-refractivity contribution in [2.75, 3.05) is 0 Å². The normalized spacial score (nSPS) is 12.9. The Morgan fingerprint density at radius 3 is 2.67 bits per heavy atom. The third-order valence-electron chi connectivity index (χ3n) is 2.28. The summed E-state index contributed by atoms with van der Waals surface area (Å²) < 4.78 is 0. The lowest BCUT2D eigenvalue weighted by Crippen LogP contribution is -2.33. The van der Waals surface area contributed by atoms with Crippen molar-refractivity contribution < 1.29 is 4.79 Å². The molecule has 0 saturated heterocycles. The summed E-state index contributed by atoms with van der Waals surface area (Å²) in [4.78, 5) is 11.7. The van der Waals surface area contributed by atoms with Gasteiger partial charge in [0.1, 0.15) is 0 Å². The van der Waals surface area contributed by atoms with Crippen LogP contribution in [0, 0.1) is 12.8 Å². The molecule has 0 bridgehead atoms. The van der Waals surface area contributed by atoms with Crippen molar-refractivity contribution in [1.82, 2.24) is 15.5 Å². The summed E-state index contributed by atoms with van der Waals surface area (Å²) in [6.45, 7) is 8.15. The van der Waals surface area contributed by atoms with Crippen LogP contribution in [0.1, 0.15) is 43.2 Å². The van der Waals surface area contributed by atoms with E-state index in [1.165, 1.54) is 0 Å². The standard InChI is InChI=1S/C11H19N3O/c1-7(2)5-8(3)13-11(15)10-6-12-14-9(10)4/h6-8H,5H2,1-4H3,(H,12,14)(H,13,15). The number of carbonyl (C=O) groups excluding carboxylic acids is 1. The Balaban J connectivity index is 2.53. The molecule has 1 rings (SSSR count). The zero-order chi connectivity index (χ0) is 11.4. The number of amides is 1. The smallest absolute Gasteiger partial charge is 0.254 e. The van der Waals surface area contributed by atoms with Crippen molar-refractivity contribution >= 4 is 5.91 Å². The summed E-state index contributed by atoms with van der Waals surface area (Å²) in [6.07, 6.45) is 2.55. The highest BCUT2D eigenvalue weighted by Crippen LogP contribution is 2.06. The number of aromatic nitrogens is 2. The Bertz CT molecular complexity index is 330. The predicted octanol–water partition coefficient (Wildman–Crippen LogP) is 1.88. The number of nitrogens with one attached hydrogen (secondary N) is 2. The Morgan fingerprint density at radius 1 is 1.53 bits per heavy atom. The SMILES string of the molecule is Cc1[nH]ncc1C(=O)NC(C)CC(C)C. The van der Waals surface area contributed by atoms with Crippen LogP contribution in [0.15, 0.2) is 6.20 Å². The maximum absolute atomic E-state index is 11.7. The minimum Gasteiger partial charge on any atom is -0.349 e. The molecule has 2 N–H and O–H groups in total. The molecule has 4 heteroatoms. The third-order valence-corrected chi connectivity index (χ3v) is 2.28. The predicted molar refractivity (Wildman–Crippen MR) is 59.7 cm³/mol. The Morgan fingerprint density at radius 2 is 2.20 bits per heavy atom. The van der Waals surface area contributed by atoms with E-state index in [2.05, 4.69) is 29.4 Å². The van der Waals surface area contributed by atoms with Gasteiger partial charge in [0.2, 0.25) is 0 Å². The average Bonchev–Trinajstić information content (AvgIpc) is 2.49. The molecule has 0 radical (unpaired) electrons. The number of hydrogen-bond donors (Lipinski definition) is 2. The van der Waals surface area contributed by atoms with Gasteiger partial charge in [-0.15, -0.1) is 0 Å². The number of rotatable bonds is 4. The molecular weight excluding hydrogens is 190 g/mol. The van der Waals surface area contributed by atoms with E-state index in [9.17, 15) is 4.79 Å². The van der Waals surface area contributed by atoms with Crippen LogP contribution in [-0.4, -0.2) is 22.1 Å². The fourth-order valence-corrected chi connectivity index (χ4v) is 1.65. The lowest BCUT2D eigenvalue weighted by molar-refractivity contribution is 0.0935. The first-order valence-electron chi connectivity index (χ1n) is 5.31. The monoisotopic (exact) mass is 209 g/mol. The van der Waals surface area contributed by atoms with Crippen LogP contribution in [0.3, 0.4) is 0 Å². The number of aryl methyl sites for hydroxylation is 1. The molecule has 1 aromatic rings. The summed E-state index contributed by atoms with van der Waals surface area (Å²) in [5, 5.41) is 9.53. The number of aromatic amines is 1. The van der Waals surface area contributed by atoms with Gasteiger partial charge < -0.3 is 5.32 Å². The van der Waals surface area contributed by atoms with E-state index >= 15 is 0 Å². The molecule has 4 nitrogen and oxygen atoms in total. The van der Waals surface area contributed by atoms with Crippen molar-refractivity contribution in [3.8, 4) is 0 Å². The van der Waals surface area contributed by atoms with Crippen molar-refractivity contribution in [3.05, 3.63) is 17.5 Å². The average molecular weight is 209 g/mol. The van der Waals surface area contributed by atoms with Gasteiger partial charge in [0, 0.05) is 11.7 Å². The van der Waals surface area contributed by atoms with Crippen LogP contribution in [0.5, 0.6) is 0 Å². The zero-order valence-corrected chi connectivity index (χ0v) is 9.79. The number of nitrogens with zero attached hydrogens (tertiary/aromatic N) is 1. The van der Waals surface area contributed by atoms with Gasteiger partial charge in [-0.1, -0.05) is 13.8 Å². The lowest BCUT2D eigenvalue weighted by atomic mass is 10.1. The molecule has 0 aromatic carbocycles. The summed E-state index contributed by atoms with van der Waals surface area (Å²) in [5.41, 5.74) is 1.44. The first kappa shape index (κ1) is 11.8. The molecule has 0 fully saturated rings. The van der Waals surface area contributed by atoms with Gasteiger partial charge in [0.15, 0.2) is 0 Å². The van der Waals surface area contributed by atoms with Gasteiger partial charge in [0.25, 0.3) is 5.91 Å². The zero-order valence-electron chi connectivity index (χ0n) is 9.79. The van der Waals surface area contributed by atoms with E-state index in [-0.39, 0.29) is 11.9 Å². The van der Waals surface area contributed by atoms with Crippen molar-refractivity contribution in [3.63, 3.8) is 0 Å². The highest BCUT2D eigenvalue weighted by molar-refractivity contribution is 5.95. The second-order valence-electron chi connectivity index (χ2n) is 4.41. The number of hydrogen-bond acceptors (Lipinski definition) is 2. The van der Waals surface area contributed by atoms with Crippen molar-refractivity contribution in [2.45, 2.75) is 40.2 Å².